The van der Waals surface area contributed by atoms with E-state index in [1.54, 1.807) is 6.26 Å². The van der Waals surface area contributed by atoms with Crippen LogP contribution in [0.3, 0.4) is 0 Å². The minimum Gasteiger partial charge on any atom is -0.469 e. The van der Waals surface area contributed by atoms with E-state index in [4.69, 9.17) is 8.94 Å². The summed E-state index contributed by atoms with van der Waals surface area (Å²) in [4.78, 5) is 7.00. The van der Waals surface area contributed by atoms with Gasteiger partial charge in [0.25, 0.3) is 0 Å². The fourth-order valence-corrected chi connectivity index (χ4v) is 2.79. The van der Waals surface area contributed by atoms with Gasteiger partial charge < -0.3 is 14.3 Å². The molecule has 1 N–H and O–H groups in total. The van der Waals surface area contributed by atoms with Crippen LogP contribution in [-0.2, 0) is 12.8 Å². The van der Waals surface area contributed by atoms with Gasteiger partial charge in [0, 0.05) is 39.0 Å². The van der Waals surface area contributed by atoms with Crippen LogP contribution in [0, 0.1) is 0 Å². The Morgan fingerprint density at radius 3 is 2.90 bits per heavy atom. The molecule has 6 heteroatoms. The summed E-state index contributed by atoms with van der Waals surface area (Å²) in [6.07, 6.45) is 4.20. The maximum absolute atomic E-state index is 5.39. The zero-order valence-corrected chi connectivity index (χ0v) is 12.4. The first-order valence-electron chi connectivity index (χ1n) is 7.66. The smallest absolute Gasteiger partial charge is 0.227 e. The van der Waals surface area contributed by atoms with Gasteiger partial charge in [-0.3, -0.25) is 4.90 Å². The van der Waals surface area contributed by atoms with Crippen molar-refractivity contribution in [3.63, 3.8) is 0 Å². The monoisotopic (exact) mass is 290 g/mol. The molecule has 6 nitrogen and oxygen atoms in total. The molecule has 114 valence electrons. The van der Waals surface area contributed by atoms with Crippen LogP contribution in [0.4, 0.5) is 0 Å². The van der Waals surface area contributed by atoms with Crippen molar-refractivity contribution in [3.05, 3.63) is 35.9 Å². The van der Waals surface area contributed by atoms with Gasteiger partial charge in [-0.05, 0) is 18.6 Å². The van der Waals surface area contributed by atoms with Crippen LogP contribution in [0.1, 0.15) is 36.9 Å². The predicted molar refractivity (Wildman–Crippen MR) is 77.9 cm³/mol. The summed E-state index contributed by atoms with van der Waals surface area (Å²) in [6.45, 7) is 6.30. The third kappa shape index (κ3) is 3.51. The molecule has 0 bridgehead atoms. The molecule has 1 atom stereocenters. The lowest BCUT2D eigenvalue weighted by Gasteiger charge is -2.32. The predicted octanol–water partition coefficient (Wildman–Crippen LogP) is 1.80. The summed E-state index contributed by atoms with van der Waals surface area (Å²) in [5, 5.41) is 7.55. The molecule has 1 fully saturated rings. The number of aromatic nitrogens is 2. The zero-order valence-electron chi connectivity index (χ0n) is 12.4. The van der Waals surface area contributed by atoms with Gasteiger partial charge in [-0.25, -0.2) is 0 Å². The van der Waals surface area contributed by atoms with E-state index in [-0.39, 0.29) is 6.04 Å². The largest absolute Gasteiger partial charge is 0.469 e. The fourth-order valence-electron chi connectivity index (χ4n) is 2.79. The lowest BCUT2D eigenvalue weighted by molar-refractivity contribution is 0.160. The summed E-state index contributed by atoms with van der Waals surface area (Å²) >= 11 is 0. The number of aryl methyl sites for hydroxylation is 2. The molecule has 0 aromatic carbocycles. The quantitative estimate of drug-likeness (QED) is 0.875. The number of hydrogen-bond donors (Lipinski definition) is 1. The molecule has 0 amide bonds. The van der Waals surface area contributed by atoms with Gasteiger partial charge in [0.15, 0.2) is 5.82 Å². The molecule has 0 saturated carbocycles. The Morgan fingerprint density at radius 2 is 2.19 bits per heavy atom. The lowest BCUT2D eigenvalue weighted by atomic mass is 10.1. The zero-order chi connectivity index (χ0) is 14.5. The molecule has 0 spiro atoms. The Morgan fingerprint density at radius 1 is 1.33 bits per heavy atom. The number of rotatable bonds is 6. The molecular formula is C15H22N4O2. The van der Waals surface area contributed by atoms with Crippen molar-refractivity contribution >= 4 is 0 Å². The first kappa shape index (κ1) is 14.3. The van der Waals surface area contributed by atoms with E-state index in [9.17, 15) is 0 Å². The van der Waals surface area contributed by atoms with E-state index in [1.807, 2.05) is 12.1 Å². The van der Waals surface area contributed by atoms with E-state index in [0.29, 0.717) is 5.89 Å². The van der Waals surface area contributed by atoms with Crippen molar-refractivity contribution in [3.8, 4) is 0 Å². The van der Waals surface area contributed by atoms with E-state index in [2.05, 4.69) is 27.3 Å². The first-order chi connectivity index (χ1) is 10.4. The molecule has 1 aliphatic heterocycles. The van der Waals surface area contributed by atoms with Gasteiger partial charge in [-0.2, -0.15) is 4.98 Å². The topological polar surface area (TPSA) is 67.3 Å². The number of nitrogens with one attached hydrogen (secondary N) is 1. The summed E-state index contributed by atoms with van der Waals surface area (Å²) < 4.78 is 10.7. The highest BCUT2D eigenvalue weighted by Crippen LogP contribution is 2.22. The van der Waals surface area contributed by atoms with Gasteiger partial charge in [-0.15, -0.1) is 0 Å². The fraction of sp³-hybridized carbons (Fsp3) is 0.600. The van der Waals surface area contributed by atoms with Gasteiger partial charge in [-0.1, -0.05) is 12.1 Å². The number of hydrogen-bond acceptors (Lipinski definition) is 6. The standard InChI is InChI=1S/C15H22N4O2/c1-2-13(19-9-7-16-8-10-19)15-17-14(21-18-15)6-5-12-4-3-11-20-12/h3-4,11,13,16H,2,5-10H2,1H3. The van der Waals surface area contributed by atoms with E-state index >= 15 is 0 Å². The molecule has 2 aromatic rings. The van der Waals surface area contributed by atoms with Crippen LogP contribution in [-0.4, -0.2) is 41.2 Å². The highest BCUT2D eigenvalue weighted by atomic mass is 16.5. The summed E-state index contributed by atoms with van der Waals surface area (Å²) in [7, 11) is 0. The lowest BCUT2D eigenvalue weighted by Crippen LogP contribution is -2.45. The molecule has 0 radical (unpaired) electrons. The van der Waals surface area contributed by atoms with E-state index < -0.39 is 0 Å². The van der Waals surface area contributed by atoms with E-state index in [1.165, 1.54) is 0 Å². The van der Waals surface area contributed by atoms with Crippen molar-refractivity contribution in [2.75, 3.05) is 26.2 Å². The van der Waals surface area contributed by atoms with Crippen molar-refractivity contribution < 1.29 is 8.94 Å². The van der Waals surface area contributed by atoms with Crippen LogP contribution in [0.25, 0.3) is 0 Å². The molecule has 3 heterocycles. The van der Waals surface area contributed by atoms with E-state index in [0.717, 1.165) is 57.0 Å². The van der Waals surface area contributed by atoms with Crippen molar-refractivity contribution in [2.45, 2.75) is 32.2 Å². The van der Waals surface area contributed by atoms with Gasteiger partial charge in [0.1, 0.15) is 5.76 Å². The minimum atomic E-state index is 0.258. The number of furan rings is 1. The highest BCUT2D eigenvalue weighted by molar-refractivity contribution is 5.01. The van der Waals surface area contributed by atoms with Crippen LogP contribution < -0.4 is 5.32 Å². The molecule has 2 aromatic heterocycles. The third-order valence-corrected chi connectivity index (χ3v) is 3.93. The summed E-state index contributed by atoms with van der Waals surface area (Å²) in [5.74, 6) is 2.45. The minimum absolute atomic E-state index is 0.258. The third-order valence-electron chi connectivity index (χ3n) is 3.93. The average molecular weight is 290 g/mol. The van der Waals surface area contributed by atoms with Crippen LogP contribution in [0.5, 0.6) is 0 Å². The Hall–Kier alpha value is -1.66. The van der Waals surface area contributed by atoms with Crippen LogP contribution in [0.2, 0.25) is 0 Å². The molecule has 1 unspecified atom stereocenters. The normalized spacial score (nSPS) is 18.0. The van der Waals surface area contributed by atoms with Gasteiger partial charge in [0.2, 0.25) is 5.89 Å². The molecule has 0 aliphatic carbocycles. The van der Waals surface area contributed by atoms with Crippen LogP contribution >= 0.6 is 0 Å². The van der Waals surface area contributed by atoms with Crippen molar-refractivity contribution in [1.29, 1.82) is 0 Å². The molecular weight excluding hydrogens is 268 g/mol. The maximum Gasteiger partial charge on any atom is 0.227 e. The summed E-state index contributed by atoms with van der Waals surface area (Å²) in [5.41, 5.74) is 0. The Bertz CT molecular complexity index is 532. The van der Waals surface area contributed by atoms with Crippen molar-refractivity contribution in [1.82, 2.24) is 20.4 Å². The Labute approximate surface area is 124 Å². The second kappa shape index (κ2) is 6.87. The first-order valence-corrected chi connectivity index (χ1v) is 7.66. The van der Waals surface area contributed by atoms with Gasteiger partial charge >= 0.3 is 0 Å². The second-order valence-corrected chi connectivity index (χ2v) is 5.34. The Kier molecular flexibility index (Phi) is 4.67. The van der Waals surface area contributed by atoms with Crippen LogP contribution in [0.15, 0.2) is 27.3 Å². The summed E-state index contributed by atoms with van der Waals surface area (Å²) in [6, 6.07) is 4.12. The molecule has 1 aliphatic rings. The maximum atomic E-state index is 5.39. The van der Waals surface area contributed by atoms with Crippen molar-refractivity contribution in [2.24, 2.45) is 0 Å². The molecule has 3 rings (SSSR count). The Balaban J connectivity index is 1.62. The highest BCUT2D eigenvalue weighted by Gasteiger charge is 2.24. The average Bonchev–Trinajstić information content (AvgIpc) is 3.19. The van der Waals surface area contributed by atoms with Gasteiger partial charge in [0.05, 0.1) is 12.3 Å². The molecule has 21 heavy (non-hydrogen) atoms. The second-order valence-electron chi connectivity index (χ2n) is 5.34. The molecule has 1 saturated heterocycles. The number of nitrogens with zero attached hydrogens (tertiary/aromatic N) is 3. The SMILES string of the molecule is CCC(c1noc(CCc2ccco2)n1)N1CCNCC1. The number of piperazine rings is 1.